The van der Waals surface area contributed by atoms with Gasteiger partial charge in [0.15, 0.2) is 5.69 Å². The maximum Gasteiger partial charge on any atom is 0.356 e. The van der Waals surface area contributed by atoms with E-state index in [0.29, 0.717) is 6.61 Å². The van der Waals surface area contributed by atoms with Gasteiger partial charge in [-0.15, -0.1) is 0 Å². The second kappa shape index (κ2) is 5.58. The Bertz CT molecular complexity index is 391. The highest BCUT2D eigenvalue weighted by molar-refractivity contribution is 5.84. The van der Waals surface area contributed by atoms with Gasteiger partial charge >= 0.3 is 5.97 Å². The summed E-state index contributed by atoms with van der Waals surface area (Å²) in [6, 6.07) is 0. The number of rotatable bonds is 5. The summed E-state index contributed by atoms with van der Waals surface area (Å²) in [4.78, 5) is 20.6. The molecule has 1 aliphatic rings. The molecule has 6 heteroatoms. The van der Waals surface area contributed by atoms with E-state index < -0.39 is 5.97 Å². The molecular formula is C11H15N3O3. The van der Waals surface area contributed by atoms with Crippen molar-refractivity contribution in [1.29, 1.82) is 0 Å². The molecule has 1 N–H and O–H groups in total. The minimum atomic E-state index is -1.09. The molecule has 1 saturated heterocycles. The van der Waals surface area contributed by atoms with Crippen LogP contribution in [0, 0.1) is 0 Å². The molecule has 0 radical (unpaired) electrons. The van der Waals surface area contributed by atoms with Crippen LogP contribution in [-0.4, -0.2) is 52.2 Å². The summed E-state index contributed by atoms with van der Waals surface area (Å²) in [5, 5.41) is 8.74. The van der Waals surface area contributed by atoms with E-state index in [1.54, 1.807) is 0 Å². The van der Waals surface area contributed by atoms with Crippen LogP contribution >= 0.6 is 0 Å². The van der Waals surface area contributed by atoms with Crippen molar-refractivity contribution < 1.29 is 14.6 Å². The third kappa shape index (κ3) is 3.39. The van der Waals surface area contributed by atoms with Crippen LogP contribution in [-0.2, 0) is 0 Å². The number of hydrogen-bond donors (Lipinski definition) is 1. The smallest absolute Gasteiger partial charge is 0.356 e. The maximum atomic E-state index is 10.7. The predicted octanol–water partition coefficient (Wildman–Crippen LogP) is 0.649. The van der Waals surface area contributed by atoms with Crippen LogP contribution in [0.3, 0.4) is 0 Å². The molecular weight excluding hydrogens is 222 g/mol. The van der Waals surface area contributed by atoms with Gasteiger partial charge in [0.05, 0.1) is 12.4 Å². The molecule has 0 spiro atoms. The van der Waals surface area contributed by atoms with Crippen molar-refractivity contribution in [3.63, 3.8) is 0 Å². The molecule has 0 aliphatic carbocycles. The Kier molecular flexibility index (Phi) is 3.87. The molecule has 1 aromatic heterocycles. The number of hydrogen-bond acceptors (Lipinski definition) is 5. The number of nitrogens with zero attached hydrogens (tertiary/aromatic N) is 3. The zero-order chi connectivity index (χ0) is 12.1. The largest absolute Gasteiger partial charge is 0.476 e. The fraction of sp³-hybridized carbons (Fsp3) is 0.545. The van der Waals surface area contributed by atoms with Gasteiger partial charge in [-0.25, -0.2) is 9.78 Å². The molecule has 0 saturated carbocycles. The maximum absolute atomic E-state index is 10.7. The molecule has 1 aromatic rings. The molecule has 6 nitrogen and oxygen atoms in total. The first kappa shape index (κ1) is 11.8. The highest BCUT2D eigenvalue weighted by atomic mass is 16.5. The van der Waals surface area contributed by atoms with Gasteiger partial charge in [-0.1, -0.05) is 0 Å². The first-order chi connectivity index (χ1) is 8.25. The van der Waals surface area contributed by atoms with Crippen LogP contribution in [0.5, 0.6) is 5.88 Å². The molecule has 0 aromatic carbocycles. The van der Waals surface area contributed by atoms with Gasteiger partial charge in [-0.05, 0) is 25.9 Å². The summed E-state index contributed by atoms with van der Waals surface area (Å²) in [7, 11) is 0. The van der Waals surface area contributed by atoms with Crippen molar-refractivity contribution in [1.82, 2.24) is 14.9 Å². The van der Waals surface area contributed by atoms with Crippen molar-refractivity contribution in [2.75, 3.05) is 26.2 Å². The summed E-state index contributed by atoms with van der Waals surface area (Å²) in [6.45, 7) is 3.59. The van der Waals surface area contributed by atoms with E-state index in [9.17, 15) is 4.79 Å². The zero-order valence-electron chi connectivity index (χ0n) is 9.50. The van der Waals surface area contributed by atoms with Gasteiger partial charge in [0.25, 0.3) is 0 Å². The average Bonchev–Trinajstić information content (AvgIpc) is 2.82. The van der Waals surface area contributed by atoms with Crippen molar-refractivity contribution in [2.45, 2.75) is 12.8 Å². The molecule has 92 valence electrons. The molecule has 2 heterocycles. The molecule has 17 heavy (non-hydrogen) atoms. The molecule has 0 atom stereocenters. The first-order valence-corrected chi connectivity index (χ1v) is 5.66. The van der Waals surface area contributed by atoms with E-state index in [-0.39, 0.29) is 11.6 Å². The Morgan fingerprint density at radius 3 is 2.88 bits per heavy atom. The molecule has 2 rings (SSSR count). The second-order valence-corrected chi connectivity index (χ2v) is 3.94. The Labute approximate surface area is 99.2 Å². The van der Waals surface area contributed by atoms with Crippen LogP contribution in [0.2, 0.25) is 0 Å². The number of ether oxygens (including phenoxy) is 1. The normalized spacial score (nSPS) is 16.0. The lowest BCUT2D eigenvalue weighted by atomic mass is 10.4. The van der Waals surface area contributed by atoms with Gasteiger partial charge in [-0.2, -0.15) is 0 Å². The highest BCUT2D eigenvalue weighted by Gasteiger charge is 2.11. The number of carboxylic acids is 1. The van der Waals surface area contributed by atoms with Gasteiger partial charge in [0, 0.05) is 6.54 Å². The van der Waals surface area contributed by atoms with E-state index in [0.717, 1.165) is 19.6 Å². The van der Waals surface area contributed by atoms with Crippen molar-refractivity contribution in [2.24, 2.45) is 0 Å². The third-order valence-corrected chi connectivity index (χ3v) is 2.69. The van der Waals surface area contributed by atoms with E-state index in [4.69, 9.17) is 9.84 Å². The third-order valence-electron chi connectivity index (χ3n) is 2.69. The van der Waals surface area contributed by atoms with Gasteiger partial charge in [0.1, 0.15) is 6.61 Å². The summed E-state index contributed by atoms with van der Waals surface area (Å²) in [5.74, 6) is -0.827. The molecule has 0 unspecified atom stereocenters. The van der Waals surface area contributed by atoms with E-state index in [1.807, 2.05) is 0 Å². The second-order valence-electron chi connectivity index (χ2n) is 3.94. The standard InChI is InChI=1S/C11H15N3O3/c15-11(16)9-7-12-8-10(13-9)17-6-5-14-3-1-2-4-14/h7-8H,1-6H2,(H,15,16). The van der Waals surface area contributed by atoms with Crippen molar-refractivity contribution in [3.05, 3.63) is 18.1 Å². The number of aromatic carboxylic acids is 1. The number of carbonyl (C=O) groups is 1. The van der Waals surface area contributed by atoms with Crippen LogP contribution in [0.15, 0.2) is 12.4 Å². The molecule has 0 amide bonds. The number of likely N-dealkylation sites (tertiary alicyclic amines) is 1. The van der Waals surface area contributed by atoms with Crippen LogP contribution < -0.4 is 4.74 Å². The molecule has 1 fully saturated rings. The Morgan fingerprint density at radius 1 is 1.41 bits per heavy atom. The summed E-state index contributed by atoms with van der Waals surface area (Å²) >= 11 is 0. The monoisotopic (exact) mass is 237 g/mol. The Hall–Kier alpha value is -1.69. The number of aromatic nitrogens is 2. The SMILES string of the molecule is O=C(O)c1cncc(OCCN2CCCC2)n1. The fourth-order valence-corrected chi connectivity index (χ4v) is 1.81. The average molecular weight is 237 g/mol. The summed E-state index contributed by atoms with van der Waals surface area (Å²) in [5.41, 5.74) is -0.0938. The predicted molar refractivity (Wildman–Crippen MR) is 60.2 cm³/mol. The fourth-order valence-electron chi connectivity index (χ4n) is 1.81. The quantitative estimate of drug-likeness (QED) is 0.810. The molecule has 1 aliphatic heterocycles. The van der Waals surface area contributed by atoms with Gasteiger partial charge < -0.3 is 9.84 Å². The van der Waals surface area contributed by atoms with Crippen LogP contribution in [0.25, 0.3) is 0 Å². The van der Waals surface area contributed by atoms with Gasteiger partial charge in [0.2, 0.25) is 5.88 Å². The topological polar surface area (TPSA) is 75.6 Å². The first-order valence-electron chi connectivity index (χ1n) is 5.66. The van der Waals surface area contributed by atoms with E-state index in [2.05, 4.69) is 14.9 Å². The lowest BCUT2D eigenvalue weighted by Crippen LogP contribution is -2.25. The minimum Gasteiger partial charge on any atom is -0.476 e. The molecule has 0 bridgehead atoms. The number of carboxylic acid groups (broad SMARTS) is 1. The lowest BCUT2D eigenvalue weighted by molar-refractivity contribution is 0.0688. The minimum absolute atomic E-state index is 0.0938. The summed E-state index contributed by atoms with van der Waals surface area (Å²) in [6.07, 6.45) is 5.12. The van der Waals surface area contributed by atoms with Gasteiger partial charge in [-0.3, -0.25) is 9.88 Å². The summed E-state index contributed by atoms with van der Waals surface area (Å²) < 4.78 is 5.38. The lowest BCUT2D eigenvalue weighted by Gasteiger charge is -2.14. The van der Waals surface area contributed by atoms with Crippen molar-refractivity contribution in [3.8, 4) is 5.88 Å². The van der Waals surface area contributed by atoms with Crippen LogP contribution in [0.1, 0.15) is 23.3 Å². The van der Waals surface area contributed by atoms with Crippen molar-refractivity contribution >= 4 is 5.97 Å². The Balaban J connectivity index is 1.81. The highest BCUT2D eigenvalue weighted by Crippen LogP contribution is 2.08. The van der Waals surface area contributed by atoms with Crippen LogP contribution in [0.4, 0.5) is 0 Å². The van der Waals surface area contributed by atoms with E-state index in [1.165, 1.54) is 25.2 Å². The zero-order valence-corrected chi connectivity index (χ0v) is 9.50. The Morgan fingerprint density at radius 2 is 2.18 bits per heavy atom. The van der Waals surface area contributed by atoms with E-state index >= 15 is 0 Å².